The van der Waals surface area contributed by atoms with Crippen LogP contribution in [0.5, 0.6) is 0 Å². The molecule has 6 atom stereocenters. The molecule has 0 aromatic heterocycles. The first-order chi connectivity index (χ1) is 16.8. The molecule has 2 saturated carbocycles. The van der Waals surface area contributed by atoms with E-state index in [1.165, 1.54) is 47.1 Å². The van der Waals surface area contributed by atoms with Crippen molar-refractivity contribution in [1.29, 1.82) is 0 Å². The molecule has 1 N–H and O–H groups in total. The minimum absolute atomic E-state index is 0.0585. The van der Waals surface area contributed by atoms with Crippen LogP contribution in [0.15, 0.2) is 35.6 Å². The Labute approximate surface area is 209 Å². The van der Waals surface area contributed by atoms with Crippen LogP contribution in [0, 0.1) is 16.7 Å². The molecule has 10 nitrogen and oxygen atoms in total. The molecule has 0 saturated heterocycles. The largest absolute Gasteiger partial charge is 0.468 e. The van der Waals surface area contributed by atoms with Gasteiger partial charge in [-0.05, 0) is 37.5 Å². The number of carbonyl (C=O) groups is 4. The number of hydrogen-bond donors (Lipinski definition) is 1. The highest BCUT2D eigenvalue weighted by Crippen LogP contribution is 2.70. The standard InChI is InChI=1S/C26H32O10/c1-14-11-24-13-25(14,35-16(3)28)9-10-26(24,31)36-18-7-8-19(34-15(2)27)23(4,22(30)33-6)21(18)20(24)17(29)12-32-5/h7-8,19-20,31H,1,9-13H2,2-6H3/t19-,20-,23+,24+,25-,26+/m0/s1. The van der Waals surface area contributed by atoms with E-state index in [2.05, 4.69) is 6.58 Å². The first-order valence-electron chi connectivity index (χ1n) is 11.8. The summed E-state index contributed by atoms with van der Waals surface area (Å²) in [7, 11) is 2.57. The monoisotopic (exact) mass is 504 g/mol. The van der Waals surface area contributed by atoms with Gasteiger partial charge < -0.3 is 28.8 Å². The van der Waals surface area contributed by atoms with E-state index in [0.717, 1.165) is 0 Å². The van der Waals surface area contributed by atoms with Crippen molar-refractivity contribution in [2.24, 2.45) is 16.7 Å². The van der Waals surface area contributed by atoms with Crippen molar-refractivity contribution in [1.82, 2.24) is 0 Å². The highest BCUT2D eigenvalue weighted by atomic mass is 16.6. The number of Topliss-reactive ketones (excluding diaryl/α,β-unsaturated/α-hetero) is 1. The molecular formula is C26H32O10. The Kier molecular flexibility index (Phi) is 6.20. The van der Waals surface area contributed by atoms with E-state index in [-0.39, 0.29) is 43.6 Å². The van der Waals surface area contributed by atoms with Gasteiger partial charge in [0.15, 0.2) is 5.78 Å². The van der Waals surface area contributed by atoms with Crippen LogP contribution in [0.1, 0.15) is 46.5 Å². The van der Waals surface area contributed by atoms with Crippen molar-refractivity contribution >= 4 is 23.7 Å². The molecule has 0 unspecified atom stereocenters. The summed E-state index contributed by atoms with van der Waals surface area (Å²) >= 11 is 0. The second kappa shape index (κ2) is 8.55. The molecule has 0 aromatic rings. The van der Waals surface area contributed by atoms with Crippen LogP contribution in [0.2, 0.25) is 0 Å². The van der Waals surface area contributed by atoms with Crippen LogP contribution < -0.4 is 0 Å². The Morgan fingerprint density at radius 3 is 2.44 bits per heavy atom. The average Bonchev–Trinajstić information content (AvgIpc) is 3.03. The third-order valence-electron chi connectivity index (χ3n) is 8.21. The van der Waals surface area contributed by atoms with Gasteiger partial charge in [0.25, 0.3) is 0 Å². The lowest BCUT2D eigenvalue weighted by Crippen LogP contribution is -2.65. The van der Waals surface area contributed by atoms with Gasteiger partial charge in [0, 0.05) is 39.4 Å². The molecule has 0 aromatic carbocycles. The summed E-state index contributed by atoms with van der Waals surface area (Å²) in [5, 5.41) is 12.0. The lowest BCUT2D eigenvalue weighted by atomic mass is 9.53. The molecule has 1 spiro atoms. The highest BCUT2D eigenvalue weighted by molar-refractivity contribution is 5.92. The smallest absolute Gasteiger partial charge is 0.320 e. The number of aliphatic hydroxyl groups is 1. The van der Waals surface area contributed by atoms with Gasteiger partial charge in [-0.15, -0.1) is 0 Å². The highest BCUT2D eigenvalue weighted by Gasteiger charge is 2.75. The first-order valence-corrected chi connectivity index (χ1v) is 11.8. The fourth-order valence-corrected chi connectivity index (χ4v) is 6.74. The maximum Gasteiger partial charge on any atom is 0.320 e. The van der Waals surface area contributed by atoms with E-state index in [9.17, 15) is 24.3 Å². The number of ether oxygens (including phenoxy) is 5. The number of esters is 3. The van der Waals surface area contributed by atoms with Gasteiger partial charge in [0.2, 0.25) is 5.79 Å². The maximum atomic E-state index is 13.8. The van der Waals surface area contributed by atoms with E-state index in [1.807, 2.05) is 0 Å². The van der Waals surface area contributed by atoms with Gasteiger partial charge in [-0.2, -0.15) is 0 Å². The van der Waals surface area contributed by atoms with Gasteiger partial charge >= 0.3 is 17.9 Å². The molecule has 1 aliphatic heterocycles. The van der Waals surface area contributed by atoms with Crippen LogP contribution in [0.25, 0.3) is 0 Å². The topological polar surface area (TPSA) is 135 Å². The third kappa shape index (κ3) is 3.45. The van der Waals surface area contributed by atoms with E-state index in [0.29, 0.717) is 5.57 Å². The second-order valence-electron chi connectivity index (χ2n) is 10.3. The molecule has 0 radical (unpaired) electrons. The SMILES string of the molecule is C=C1C[C@]23C[C@@]1(OC(C)=O)CC[C@@]2(O)OC1=C([C@@H]3C(=O)COC)[C@](C)(C(=O)OC)[C@@H](OC(C)=O)C=C1. The zero-order valence-electron chi connectivity index (χ0n) is 21.2. The quantitative estimate of drug-likeness (QED) is 0.325. The zero-order valence-corrected chi connectivity index (χ0v) is 21.2. The lowest BCUT2D eigenvalue weighted by Gasteiger charge is -2.58. The van der Waals surface area contributed by atoms with E-state index in [1.54, 1.807) is 0 Å². The van der Waals surface area contributed by atoms with Crippen molar-refractivity contribution in [3.63, 3.8) is 0 Å². The first kappa shape index (κ1) is 26.1. The average molecular weight is 505 g/mol. The van der Waals surface area contributed by atoms with Gasteiger partial charge in [-0.1, -0.05) is 6.58 Å². The van der Waals surface area contributed by atoms with E-state index < -0.39 is 57.9 Å². The number of hydrogen-bond acceptors (Lipinski definition) is 10. The third-order valence-corrected chi connectivity index (χ3v) is 8.21. The molecular weight excluding hydrogens is 472 g/mol. The lowest BCUT2D eigenvalue weighted by molar-refractivity contribution is -0.298. The van der Waals surface area contributed by atoms with Crippen LogP contribution in [0.3, 0.4) is 0 Å². The minimum atomic E-state index is -1.82. The van der Waals surface area contributed by atoms with Gasteiger partial charge in [0.05, 0.1) is 18.4 Å². The number of ketones is 1. The number of carbonyl (C=O) groups excluding carboxylic acids is 4. The number of rotatable bonds is 6. The van der Waals surface area contributed by atoms with Crippen LogP contribution in [0.4, 0.5) is 0 Å². The molecule has 0 amide bonds. The maximum absolute atomic E-state index is 13.8. The van der Waals surface area contributed by atoms with Crippen molar-refractivity contribution in [2.75, 3.05) is 20.8 Å². The zero-order chi connectivity index (χ0) is 26.7. The Morgan fingerprint density at radius 1 is 1.17 bits per heavy atom. The molecule has 4 rings (SSSR count). The molecule has 3 aliphatic carbocycles. The Morgan fingerprint density at radius 2 is 1.86 bits per heavy atom. The Bertz CT molecular complexity index is 1100. The predicted octanol–water partition coefficient (Wildman–Crippen LogP) is 1.90. The van der Waals surface area contributed by atoms with Crippen molar-refractivity contribution in [2.45, 2.75) is 63.9 Å². The van der Waals surface area contributed by atoms with E-state index in [4.69, 9.17) is 23.7 Å². The van der Waals surface area contributed by atoms with Crippen molar-refractivity contribution in [3.05, 3.63) is 35.6 Å². The van der Waals surface area contributed by atoms with Crippen molar-refractivity contribution in [3.8, 4) is 0 Å². The van der Waals surface area contributed by atoms with Gasteiger partial charge in [0.1, 0.15) is 29.5 Å². The summed E-state index contributed by atoms with van der Waals surface area (Å²) in [5.74, 6) is -5.10. The molecule has 196 valence electrons. The van der Waals surface area contributed by atoms with Crippen LogP contribution in [-0.2, 0) is 42.9 Å². The summed E-state index contributed by atoms with van der Waals surface area (Å²) in [6.07, 6.45) is 2.36. The summed E-state index contributed by atoms with van der Waals surface area (Å²) in [6.45, 7) is 7.87. The fraction of sp³-hybridized carbons (Fsp3) is 0.615. The number of fused-ring (bicyclic) bond motifs is 1. The molecule has 4 aliphatic rings. The molecule has 2 fully saturated rings. The predicted molar refractivity (Wildman–Crippen MR) is 123 cm³/mol. The van der Waals surface area contributed by atoms with Gasteiger partial charge in [-0.25, -0.2) is 0 Å². The molecule has 2 bridgehead atoms. The van der Waals surface area contributed by atoms with Gasteiger partial charge in [-0.3, -0.25) is 19.2 Å². The van der Waals surface area contributed by atoms with E-state index >= 15 is 0 Å². The molecule has 10 heteroatoms. The minimum Gasteiger partial charge on any atom is -0.468 e. The summed E-state index contributed by atoms with van der Waals surface area (Å²) in [6, 6.07) is 0. The Balaban J connectivity index is 1.98. The van der Waals surface area contributed by atoms with Crippen LogP contribution in [-0.4, -0.2) is 67.1 Å². The van der Waals surface area contributed by atoms with Crippen LogP contribution >= 0.6 is 0 Å². The normalized spacial score (nSPS) is 38.4. The summed E-state index contributed by atoms with van der Waals surface area (Å²) < 4.78 is 27.8. The molecule has 36 heavy (non-hydrogen) atoms. The Hall–Kier alpha value is -2.98. The number of methoxy groups -OCH3 is 2. The summed E-state index contributed by atoms with van der Waals surface area (Å²) in [5.41, 5.74) is -3.29. The second-order valence-corrected chi connectivity index (χ2v) is 10.3. The van der Waals surface area contributed by atoms with Crippen molar-refractivity contribution < 1.29 is 48.0 Å². The number of allylic oxidation sites excluding steroid dienone is 1. The fourth-order valence-electron chi connectivity index (χ4n) is 6.74. The summed E-state index contributed by atoms with van der Waals surface area (Å²) in [4.78, 5) is 51.2. The molecule has 1 heterocycles.